The SMILES string of the molecule is Cl.O=C(c1cc([N+](=O)[O-])ccc1Sc1ccccc1)N1CCC2CCC(C1)N2. The number of benzene rings is 2. The molecular formula is C20H22ClN3O3S. The lowest BCUT2D eigenvalue weighted by atomic mass is 10.1. The molecule has 28 heavy (non-hydrogen) atoms. The summed E-state index contributed by atoms with van der Waals surface area (Å²) in [7, 11) is 0. The fourth-order valence-corrected chi connectivity index (χ4v) is 4.74. The minimum atomic E-state index is -0.445. The van der Waals surface area contributed by atoms with Gasteiger partial charge in [-0.25, -0.2) is 0 Å². The first-order chi connectivity index (χ1) is 13.1. The molecule has 2 aromatic rings. The lowest BCUT2D eigenvalue weighted by Crippen LogP contribution is -2.39. The predicted octanol–water partition coefficient (Wildman–Crippen LogP) is 4.13. The second kappa shape index (κ2) is 8.94. The van der Waals surface area contributed by atoms with Gasteiger partial charge in [0.25, 0.3) is 11.6 Å². The smallest absolute Gasteiger partial charge is 0.270 e. The molecule has 0 aromatic heterocycles. The van der Waals surface area contributed by atoms with Gasteiger partial charge in [-0.15, -0.1) is 12.4 Å². The molecule has 0 spiro atoms. The van der Waals surface area contributed by atoms with Crippen molar-refractivity contribution in [1.29, 1.82) is 0 Å². The van der Waals surface area contributed by atoms with E-state index < -0.39 is 4.92 Å². The molecule has 2 heterocycles. The van der Waals surface area contributed by atoms with Gasteiger partial charge in [0, 0.05) is 47.1 Å². The van der Waals surface area contributed by atoms with E-state index in [2.05, 4.69) is 5.32 Å². The lowest BCUT2D eigenvalue weighted by Gasteiger charge is -2.25. The van der Waals surface area contributed by atoms with Crippen molar-refractivity contribution in [2.75, 3.05) is 13.1 Å². The predicted molar refractivity (Wildman–Crippen MR) is 111 cm³/mol. The monoisotopic (exact) mass is 419 g/mol. The van der Waals surface area contributed by atoms with Crippen LogP contribution in [-0.4, -0.2) is 40.9 Å². The maximum atomic E-state index is 13.3. The summed E-state index contributed by atoms with van der Waals surface area (Å²) in [6.07, 6.45) is 3.17. The average molecular weight is 420 g/mol. The second-order valence-electron chi connectivity index (χ2n) is 7.03. The Morgan fingerprint density at radius 2 is 1.86 bits per heavy atom. The van der Waals surface area contributed by atoms with Crippen LogP contribution in [0.3, 0.4) is 0 Å². The zero-order valence-corrected chi connectivity index (χ0v) is 16.9. The summed E-state index contributed by atoms with van der Waals surface area (Å²) in [6.45, 7) is 1.35. The van der Waals surface area contributed by atoms with Crippen molar-refractivity contribution >= 4 is 35.8 Å². The Kier molecular flexibility index (Phi) is 6.59. The largest absolute Gasteiger partial charge is 0.337 e. The molecular weight excluding hydrogens is 398 g/mol. The Morgan fingerprint density at radius 3 is 2.61 bits per heavy atom. The van der Waals surface area contributed by atoms with E-state index in [9.17, 15) is 14.9 Å². The lowest BCUT2D eigenvalue weighted by molar-refractivity contribution is -0.384. The van der Waals surface area contributed by atoms with Crippen LogP contribution in [0.4, 0.5) is 5.69 Å². The molecule has 0 radical (unpaired) electrons. The fraction of sp³-hybridized carbons (Fsp3) is 0.350. The number of nitro groups is 1. The highest BCUT2D eigenvalue weighted by atomic mass is 35.5. The Morgan fingerprint density at radius 1 is 1.11 bits per heavy atom. The van der Waals surface area contributed by atoms with E-state index >= 15 is 0 Å². The van der Waals surface area contributed by atoms with Crippen LogP contribution in [0.25, 0.3) is 0 Å². The van der Waals surface area contributed by atoms with Crippen LogP contribution in [0.2, 0.25) is 0 Å². The summed E-state index contributed by atoms with van der Waals surface area (Å²) in [6, 6.07) is 15.1. The van der Waals surface area contributed by atoms with Gasteiger partial charge in [-0.3, -0.25) is 14.9 Å². The number of hydrogen-bond acceptors (Lipinski definition) is 5. The number of carbonyl (C=O) groups excluding carboxylic acids is 1. The van der Waals surface area contributed by atoms with Crippen LogP contribution >= 0.6 is 24.2 Å². The number of amides is 1. The Balaban J connectivity index is 0.00000225. The zero-order chi connectivity index (χ0) is 18.8. The van der Waals surface area contributed by atoms with Crippen LogP contribution < -0.4 is 5.32 Å². The molecule has 8 heteroatoms. The van der Waals surface area contributed by atoms with Crippen LogP contribution in [0, 0.1) is 10.1 Å². The van der Waals surface area contributed by atoms with Gasteiger partial charge < -0.3 is 10.2 Å². The Labute approximate surface area is 174 Å². The van der Waals surface area contributed by atoms with Gasteiger partial charge in [0.05, 0.1) is 10.5 Å². The van der Waals surface area contributed by atoms with Crippen molar-refractivity contribution in [3.8, 4) is 0 Å². The van der Waals surface area contributed by atoms with E-state index in [1.54, 1.807) is 6.07 Å². The molecule has 2 atom stereocenters. The fourth-order valence-electron chi connectivity index (χ4n) is 3.80. The summed E-state index contributed by atoms with van der Waals surface area (Å²) in [5.74, 6) is -0.119. The van der Waals surface area contributed by atoms with Gasteiger partial charge in [-0.1, -0.05) is 30.0 Å². The van der Waals surface area contributed by atoms with E-state index in [0.717, 1.165) is 22.6 Å². The molecule has 0 aliphatic carbocycles. The second-order valence-corrected chi connectivity index (χ2v) is 8.15. The van der Waals surface area contributed by atoms with E-state index in [0.29, 0.717) is 30.7 Å². The van der Waals surface area contributed by atoms with Crippen molar-refractivity contribution in [2.45, 2.75) is 41.1 Å². The topological polar surface area (TPSA) is 75.5 Å². The van der Waals surface area contributed by atoms with E-state index in [1.807, 2.05) is 35.2 Å². The highest BCUT2D eigenvalue weighted by Gasteiger charge is 2.32. The number of nitro benzene ring substituents is 1. The number of carbonyl (C=O) groups is 1. The number of likely N-dealkylation sites (tertiary alicyclic amines) is 1. The van der Waals surface area contributed by atoms with Gasteiger partial charge >= 0.3 is 0 Å². The van der Waals surface area contributed by atoms with Crippen LogP contribution in [0.1, 0.15) is 29.6 Å². The van der Waals surface area contributed by atoms with Crippen LogP contribution in [0.15, 0.2) is 58.3 Å². The molecule has 2 aliphatic rings. The number of non-ortho nitro benzene ring substituents is 1. The first-order valence-electron chi connectivity index (χ1n) is 9.17. The standard InChI is InChI=1S/C20H21N3O3S.ClH/c24-20(22-11-10-14-6-7-15(13-22)21-14)18-12-16(23(25)26)8-9-19(18)27-17-4-2-1-3-5-17;/h1-5,8-9,12,14-15,21H,6-7,10-11,13H2;1H. The van der Waals surface area contributed by atoms with E-state index in [1.165, 1.54) is 30.3 Å². The van der Waals surface area contributed by atoms with Crippen LogP contribution in [0.5, 0.6) is 0 Å². The van der Waals surface area contributed by atoms with Gasteiger partial charge in [0.2, 0.25) is 0 Å². The van der Waals surface area contributed by atoms with Gasteiger partial charge in [0.1, 0.15) is 0 Å². The summed E-state index contributed by atoms with van der Waals surface area (Å²) < 4.78 is 0. The highest BCUT2D eigenvalue weighted by Crippen LogP contribution is 2.34. The van der Waals surface area contributed by atoms with Crippen molar-refractivity contribution in [1.82, 2.24) is 10.2 Å². The molecule has 148 valence electrons. The van der Waals surface area contributed by atoms with Gasteiger partial charge in [0.15, 0.2) is 0 Å². The third kappa shape index (κ3) is 4.48. The molecule has 2 unspecified atom stereocenters. The zero-order valence-electron chi connectivity index (χ0n) is 15.2. The normalized spacial score (nSPS) is 20.9. The first kappa shape index (κ1) is 20.6. The maximum Gasteiger partial charge on any atom is 0.270 e. The van der Waals surface area contributed by atoms with Gasteiger partial charge in [-0.2, -0.15) is 0 Å². The summed E-state index contributed by atoms with van der Waals surface area (Å²) in [5.41, 5.74) is 0.362. The number of rotatable bonds is 4. The van der Waals surface area contributed by atoms with Crippen molar-refractivity contribution < 1.29 is 9.72 Å². The highest BCUT2D eigenvalue weighted by molar-refractivity contribution is 7.99. The number of halogens is 1. The molecule has 1 amide bonds. The summed E-state index contributed by atoms with van der Waals surface area (Å²) in [4.78, 5) is 27.7. The minimum Gasteiger partial charge on any atom is -0.337 e. The number of hydrogen-bond donors (Lipinski definition) is 1. The van der Waals surface area contributed by atoms with Gasteiger partial charge in [-0.05, 0) is 37.5 Å². The van der Waals surface area contributed by atoms with E-state index in [4.69, 9.17) is 0 Å². The molecule has 6 nitrogen and oxygen atoms in total. The number of fused-ring (bicyclic) bond motifs is 2. The molecule has 4 rings (SSSR count). The Bertz CT molecular complexity index is 865. The van der Waals surface area contributed by atoms with Crippen molar-refractivity contribution in [3.63, 3.8) is 0 Å². The first-order valence-corrected chi connectivity index (χ1v) is 9.98. The van der Waals surface area contributed by atoms with Crippen LogP contribution in [-0.2, 0) is 0 Å². The molecule has 2 aliphatic heterocycles. The third-order valence-electron chi connectivity index (χ3n) is 5.19. The quantitative estimate of drug-likeness (QED) is 0.595. The third-order valence-corrected chi connectivity index (χ3v) is 6.27. The number of nitrogens with zero attached hydrogens (tertiary/aromatic N) is 2. The summed E-state index contributed by atoms with van der Waals surface area (Å²) >= 11 is 1.46. The average Bonchev–Trinajstić information content (AvgIpc) is 3.01. The Hall–Kier alpha value is -2.09. The van der Waals surface area contributed by atoms with E-state index in [-0.39, 0.29) is 24.0 Å². The minimum absolute atomic E-state index is 0. The molecule has 2 aromatic carbocycles. The number of nitrogens with one attached hydrogen (secondary N) is 1. The molecule has 2 fully saturated rings. The maximum absolute atomic E-state index is 13.3. The summed E-state index contributed by atoms with van der Waals surface area (Å²) in [5, 5.41) is 14.8. The van der Waals surface area contributed by atoms with Crippen molar-refractivity contribution in [3.05, 3.63) is 64.2 Å². The molecule has 2 saturated heterocycles. The molecule has 1 N–H and O–H groups in total. The van der Waals surface area contributed by atoms with Crippen molar-refractivity contribution in [2.24, 2.45) is 0 Å². The molecule has 2 bridgehead atoms. The molecule has 0 saturated carbocycles.